The third-order valence-corrected chi connectivity index (χ3v) is 3.34. The molecule has 1 aliphatic rings. The molecule has 2 rings (SSSR count). The highest BCUT2D eigenvalue weighted by Gasteiger charge is 2.25. The number of hydrogen-bond acceptors (Lipinski definition) is 3. The summed E-state index contributed by atoms with van der Waals surface area (Å²) in [4.78, 5) is 1.30. The van der Waals surface area contributed by atoms with Crippen LogP contribution < -0.4 is 11.1 Å². The van der Waals surface area contributed by atoms with Gasteiger partial charge in [0, 0.05) is 22.7 Å². The van der Waals surface area contributed by atoms with Crippen molar-refractivity contribution in [2.45, 2.75) is 29.8 Å². The second-order valence-corrected chi connectivity index (χ2v) is 4.68. The second-order valence-electron chi connectivity index (χ2n) is 3.80. The highest BCUT2D eigenvalue weighted by Crippen LogP contribution is 2.25. The zero-order valence-corrected chi connectivity index (χ0v) is 9.18. The highest BCUT2D eigenvalue weighted by atomic mass is 32.2. The maximum atomic E-state index is 5.73. The number of nitrogens with two attached hydrogens (primary N) is 1. The molecular formula is C11H16N2S. The van der Waals surface area contributed by atoms with Crippen molar-refractivity contribution in [1.82, 2.24) is 0 Å². The van der Waals surface area contributed by atoms with Crippen molar-refractivity contribution in [3.8, 4) is 0 Å². The van der Waals surface area contributed by atoms with Crippen LogP contribution in [0.1, 0.15) is 12.8 Å². The van der Waals surface area contributed by atoms with Gasteiger partial charge in [-0.15, -0.1) is 11.8 Å². The number of rotatable bonds is 3. The number of benzene rings is 1. The van der Waals surface area contributed by atoms with Crippen LogP contribution in [0.3, 0.4) is 0 Å². The molecule has 0 bridgehead atoms. The molecule has 1 aromatic rings. The molecule has 0 aliphatic heterocycles. The number of nitrogens with one attached hydrogen (secondary N) is 1. The highest BCUT2D eigenvalue weighted by molar-refractivity contribution is 7.98. The fourth-order valence-electron chi connectivity index (χ4n) is 1.73. The van der Waals surface area contributed by atoms with E-state index >= 15 is 0 Å². The summed E-state index contributed by atoms with van der Waals surface area (Å²) in [6, 6.07) is 9.52. The Morgan fingerprint density at radius 2 is 2.21 bits per heavy atom. The first kappa shape index (κ1) is 9.87. The lowest BCUT2D eigenvalue weighted by molar-refractivity contribution is 0.373. The van der Waals surface area contributed by atoms with E-state index in [-0.39, 0.29) is 0 Å². The number of hydrogen-bond donors (Lipinski definition) is 2. The summed E-state index contributed by atoms with van der Waals surface area (Å²) in [7, 11) is 0. The van der Waals surface area contributed by atoms with Gasteiger partial charge in [0.2, 0.25) is 0 Å². The Hall–Kier alpha value is -0.670. The first-order chi connectivity index (χ1) is 6.78. The van der Waals surface area contributed by atoms with Gasteiger partial charge < -0.3 is 11.1 Å². The Morgan fingerprint density at radius 3 is 2.86 bits per heavy atom. The summed E-state index contributed by atoms with van der Waals surface area (Å²) in [5.41, 5.74) is 6.95. The van der Waals surface area contributed by atoms with Gasteiger partial charge in [-0.05, 0) is 37.3 Å². The molecule has 1 aliphatic carbocycles. The Morgan fingerprint density at radius 1 is 1.43 bits per heavy atom. The van der Waals surface area contributed by atoms with Crippen LogP contribution in [-0.2, 0) is 0 Å². The summed E-state index contributed by atoms with van der Waals surface area (Å²) in [6.45, 7) is 0. The van der Waals surface area contributed by atoms with Gasteiger partial charge in [0.05, 0.1) is 0 Å². The Bertz CT molecular complexity index is 308. The van der Waals surface area contributed by atoms with Gasteiger partial charge >= 0.3 is 0 Å². The Kier molecular flexibility index (Phi) is 2.99. The lowest BCUT2D eigenvalue weighted by Gasteiger charge is -2.33. The van der Waals surface area contributed by atoms with E-state index in [9.17, 15) is 0 Å². The minimum absolute atomic E-state index is 0.413. The van der Waals surface area contributed by atoms with Gasteiger partial charge in [-0.2, -0.15) is 0 Å². The van der Waals surface area contributed by atoms with Crippen LogP contribution in [0.15, 0.2) is 29.2 Å². The Balaban J connectivity index is 1.95. The molecule has 2 nitrogen and oxygen atoms in total. The summed E-state index contributed by atoms with van der Waals surface area (Å²) in [6.07, 6.45) is 4.30. The molecule has 3 heteroatoms. The van der Waals surface area contributed by atoms with Crippen LogP contribution in [0.25, 0.3) is 0 Å². The number of thioether (sulfide) groups is 1. The van der Waals surface area contributed by atoms with Crippen molar-refractivity contribution < 1.29 is 0 Å². The van der Waals surface area contributed by atoms with Crippen LogP contribution in [-0.4, -0.2) is 18.3 Å². The molecule has 1 saturated carbocycles. The van der Waals surface area contributed by atoms with E-state index in [4.69, 9.17) is 5.73 Å². The average molecular weight is 208 g/mol. The molecule has 0 aromatic heterocycles. The normalized spacial score (nSPS) is 25.6. The molecule has 0 heterocycles. The van der Waals surface area contributed by atoms with Crippen LogP contribution in [0.5, 0.6) is 0 Å². The Labute approximate surface area is 89.3 Å². The topological polar surface area (TPSA) is 38.0 Å². The largest absolute Gasteiger partial charge is 0.382 e. The average Bonchev–Trinajstić information content (AvgIpc) is 2.16. The van der Waals surface area contributed by atoms with Crippen molar-refractivity contribution in [1.29, 1.82) is 0 Å². The molecule has 76 valence electrons. The zero-order valence-electron chi connectivity index (χ0n) is 8.36. The van der Waals surface area contributed by atoms with E-state index in [0.29, 0.717) is 12.1 Å². The van der Waals surface area contributed by atoms with Crippen LogP contribution in [0.2, 0.25) is 0 Å². The van der Waals surface area contributed by atoms with E-state index in [1.165, 1.54) is 10.6 Å². The summed E-state index contributed by atoms with van der Waals surface area (Å²) >= 11 is 1.77. The first-order valence-electron chi connectivity index (χ1n) is 4.94. The van der Waals surface area contributed by atoms with Crippen molar-refractivity contribution >= 4 is 17.4 Å². The third-order valence-electron chi connectivity index (χ3n) is 2.62. The maximum Gasteiger partial charge on any atom is 0.0353 e. The van der Waals surface area contributed by atoms with Gasteiger partial charge in [-0.3, -0.25) is 0 Å². The maximum absolute atomic E-state index is 5.73. The van der Waals surface area contributed by atoms with Crippen molar-refractivity contribution in [3.05, 3.63) is 24.3 Å². The minimum atomic E-state index is 0.413. The molecular weight excluding hydrogens is 192 g/mol. The second kappa shape index (κ2) is 4.24. The molecule has 0 unspecified atom stereocenters. The van der Waals surface area contributed by atoms with Gasteiger partial charge in [-0.1, -0.05) is 6.07 Å². The first-order valence-corrected chi connectivity index (χ1v) is 6.16. The molecule has 0 amide bonds. The monoisotopic (exact) mass is 208 g/mol. The smallest absolute Gasteiger partial charge is 0.0353 e. The predicted octanol–water partition coefficient (Wildman–Crippen LogP) is 2.31. The zero-order chi connectivity index (χ0) is 9.97. The van der Waals surface area contributed by atoms with E-state index < -0.39 is 0 Å². The molecule has 14 heavy (non-hydrogen) atoms. The predicted molar refractivity (Wildman–Crippen MR) is 62.8 cm³/mol. The van der Waals surface area contributed by atoms with Gasteiger partial charge in [0.1, 0.15) is 0 Å². The van der Waals surface area contributed by atoms with Gasteiger partial charge in [0.15, 0.2) is 0 Å². The fourth-order valence-corrected chi connectivity index (χ4v) is 2.19. The van der Waals surface area contributed by atoms with Crippen LogP contribution >= 0.6 is 11.8 Å². The van der Waals surface area contributed by atoms with E-state index in [0.717, 1.165) is 12.8 Å². The molecule has 1 fully saturated rings. The SMILES string of the molecule is CSc1cccc(NC2CC(N)C2)c1. The van der Waals surface area contributed by atoms with Gasteiger partial charge in [0.25, 0.3) is 0 Å². The molecule has 0 atom stereocenters. The van der Waals surface area contributed by atoms with E-state index in [1.54, 1.807) is 11.8 Å². The van der Waals surface area contributed by atoms with Crippen LogP contribution in [0.4, 0.5) is 5.69 Å². The molecule has 1 aromatic carbocycles. The summed E-state index contributed by atoms with van der Waals surface area (Å²) in [5.74, 6) is 0. The van der Waals surface area contributed by atoms with Crippen molar-refractivity contribution in [3.63, 3.8) is 0 Å². The van der Waals surface area contributed by atoms with Crippen molar-refractivity contribution in [2.75, 3.05) is 11.6 Å². The standard InChI is InChI=1S/C11H16N2S/c1-14-11-4-2-3-9(7-11)13-10-5-8(12)6-10/h2-4,7-8,10,13H,5-6,12H2,1H3. The summed E-state index contributed by atoms with van der Waals surface area (Å²) in [5, 5.41) is 3.49. The van der Waals surface area contributed by atoms with E-state index in [2.05, 4.69) is 35.8 Å². The van der Waals surface area contributed by atoms with Gasteiger partial charge in [-0.25, -0.2) is 0 Å². The molecule has 0 spiro atoms. The molecule has 0 saturated heterocycles. The number of anilines is 1. The van der Waals surface area contributed by atoms with E-state index in [1.807, 2.05) is 0 Å². The summed E-state index contributed by atoms with van der Waals surface area (Å²) < 4.78 is 0. The van der Waals surface area contributed by atoms with Crippen molar-refractivity contribution in [2.24, 2.45) is 5.73 Å². The van der Waals surface area contributed by atoms with Crippen LogP contribution in [0, 0.1) is 0 Å². The fraction of sp³-hybridized carbons (Fsp3) is 0.455. The lowest BCUT2D eigenvalue weighted by Crippen LogP contribution is -2.44. The lowest BCUT2D eigenvalue weighted by atomic mass is 9.87. The quantitative estimate of drug-likeness (QED) is 0.749. The molecule has 0 radical (unpaired) electrons. The molecule has 3 N–H and O–H groups in total. The minimum Gasteiger partial charge on any atom is -0.382 e. The third kappa shape index (κ3) is 2.22.